The molecule has 10 aromatic rings. The van der Waals surface area contributed by atoms with Gasteiger partial charge in [0.25, 0.3) is 0 Å². The summed E-state index contributed by atoms with van der Waals surface area (Å²) in [5, 5.41) is 5.78. The zero-order valence-corrected chi connectivity index (χ0v) is 28.2. The standard InChI is InChI=1S/C49H31N3/c1-2-16-35(17-3-1)49(42-22-10-6-18-37(42)38-19-7-11-23-43(38)49)36-28-29-40-39-20-9-13-25-45(39)52(46(40)31-36)48-50-44-24-12-8-21-41(44)47(51-48)34-27-26-32-14-4-5-15-33(32)30-34/h1-31H. The second-order valence-electron chi connectivity index (χ2n) is 13.7. The predicted octanol–water partition coefficient (Wildman–Crippen LogP) is 11.9. The van der Waals surface area contributed by atoms with E-state index in [4.69, 9.17) is 9.97 Å². The SMILES string of the molecule is c1ccc(C2(c3ccc4c5ccccc5n(-c5nc(-c6ccc7ccccc7c6)c6ccccc6n5)c4c3)c3ccccc3-c3ccccc32)cc1. The second kappa shape index (κ2) is 11.1. The van der Waals surface area contributed by atoms with Crippen LogP contribution in [0.3, 0.4) is 0 Å². The molecular formula is C49H31N3. The van der Waals surface area contributed by atoms with Crippen LogP contribution in [0.25, 0.3) is 71.8 Å². The maximum atomic E-state index is 5.45. The Hall–Kier alpha value is -6.84. The lowest BCUT2D eigenvalue weighted by Crippen LogP contribution is -2.28. The maximum absolute atomic E-state index is 5.45. The molecule has 11 rings (SSSR count). The number of hydrogen-bond acceptors (Lipinski definition) is 2. The molecule has 0 bridgehead atoms. The first kappa shape index (κ1) is 28.9. The van der Waals surface area contributed by atoms with Crippen molar-refractivity contribution in [3.63, 3.8) is 0 Å². The largest absolute Gasteiger partial charge is 0.278 e. The van der Waals surface area contributed by atoms with E-state index in [0.29, 0.717) is 5.95 Å². The Kier molecular flexibility index (Phi) is 6.17. The van der Waals surface area contributed by atoms with Crippen LogP contribution in [0.2, 0.25) is 0 Å². The summed E-state index contributed by atoms with van der Waals surface area (Å²) in [6.45, 7) is 0. The van der Waals surface area contributed by atoms with Crippen molar-refractivity contribution in [2.45, 2.75) is 5.41 Å². The molecule has 0 atom stereocenters. The van der Waals surface area contributed by atoms with E-state index in [1.54, 1.807) is 0 Å². The number of nitrogens with zero attached hydrogens (tertiary/aromatic N) is 3. The molecule has 0 saturated carbocycles. The molecule has 2 heterocycles. The normalized spacial score (nSPS) is 13.2. The third-order valence-corrected chi connectivity index (χ3v) is 11.1. The molecule has 0 aliphatic heterocycles. The summed E-state index contributed by atoms with van der Waals surface area (Å²) in [6, 6.07) is 68.0. The van der Waals surface area contributed by atoms with Gasteiger partial charge in [-0.25, -0.2) is 9.97 Å². The minimum atomic E-state index is -0.510. The van der Waals surface area contributed by atoms with Gasteiger partial charge < -0.3 is 0 Å². The summed E-state index contributed by atoms with van der Waals surface area (Å²) in [7, 11) is 0. The fourth-order valence-corrected chi connectivity index (χ4v) is 8.85. The lowest BCUT2D eigenvalue weighted by Gasteiger charge is -2.34. The molecule has 0 N–H and O–H groups in total. The zero-order valence-electron chi connectivity index (χ0n) is 28.2. The Bertz CT molecular complexity index is 2980. The van der Waals surface area contributed by atoms with Crippen LogP contribution in [0.4, 0.5) is 0 Å². The number of benzene rings is 8. The highest BCUT2D eigenvalue weighted by Crippen LogP contribution is 2.56. The van der Waals surface area contributed by atoms with E-state index >= 15 is 0 Å². The smallest absolute Gasteiger partial charge is 0.235 e. The van der Waals surface area contributed by atoms with Crippen molar-refractivity contribution in [1.82, 2.24) is 14.5 Å². The van der Waals surface area contributed by atoms with Crippen molar-refractivity contribution in [3.05, 3.63) is 210 Å². The highest BCUT2D eigenvalue weighted by atomic mass is 15.2. The average molecular weight is 662 g/mol. The van der Waals surface area contributed by atoms with E-state index in [0.717, 1.165) is 33.2 Å². The molecule has 3 nitrogen and oxygen atoms in total. The van der Waals surface area contributed by atoms with E-state index in [2.05, 4.69) is 193 Å². The molecule has 242 valence electrons. The van der Waals surface area contributed by atoms with Gasteiger partial charge in [-0.1, -0.05) is 164 Å². The van der Waals surface area contributed by atoms with E-state index in [1.807, 2.05) is 0 Å². The van der Waals surface area contributed by atoms with Gasteiger partial charge in [-0.15, -0.1) is 0 Å². The Labute approximate surface area is 301 Å². The summed E-state index contributed by atoms with van der Waals surface area (Å²) in [5.41, 5.74) is 12.2. The quantitative estimate of drug-likeness (QED) is 0.188. The number of fused-ring (bicyclic) bond motifs is 8. The second-order valence-corrected chi connectivity index (χ2v) is 13.7. The van der Waals surface area contributed by atoms with E-state index < -0.39 is 5.41 Å². The Morgan fingerprint density at radius 3 is 1.85 bits per heavy atom. The molecule has 52 heavy (non-hydrogen) atoms. The minimum Gasteiger partial charge on any atom is -0.278 e. The predicted molar refractivity (Wildman–Crippen MR) is 214 cm³/mol. The van der Waals surface area contributed by atoms with Gasteiger partial charge in [-0.05, 0) is 68.4 Å². The van der Waals surface area contributed by atoms with Gasteiger partial charge in [0.1, 0.15) is 0 Å². The van der Waals surface area contributed by atoms with Crippen LogP contribution in [0.1, 0.15) is 22.3 Å². The van der Waals surface area contributed by atoms with Crippen LogP contribution in [-0.2, 0) is 5.41 Å². The number of hydrogen-bond donors (Lipinski definition) is 0. The number of aromatic nitrogens is 3. The molecule has 3 heteroatoms. The van der Waals surface area contributed by atoms with Crippen LogP contribution >= 0.6 is 0 Å². The van der Waals surface area contributed by atoms with Crippen molar-refractivity contribution in [3.8, 4) is 28.3 Å². The van der Waals surface area contributed by atoms with Gasteiger partial charge in [0, 0.05) is 21.7 Å². The molecular weight excluding hydrogens is 631 g/mol. The fourth-order valence-electron chi connectivity index (χ4n) is 8.85. The Balaban J connectivity index is 1.23. The number of para-hydroxylation sites is 2. The van der Waals surface area contributed by atoms with E-state index in [-0.39, 0.29) is 0 Å². The van der Waals surface area contributed by atoms with Crippen molar-refractivity contribution < 1.29 is 0 Å². The van der Waals surface area contributed by atoms with Crippen LogP contribution in [0, 0.1) is 0 Å². The monoisotopic (exact) mass is 661 g/mol. The van der Waals surface area contributed by atoms with Gasteiger partial charge in [-0.2, -0.15) is 0 Å². The van der Waals surface area contributed by atoms with Crippen LogP contribution in [0.15, 0.2) is 188 Å². The van der Waals surface area contributed by atoms with Crippen molar-refractivity contribution >= 4 is 43.5 Å². The van der Waals surface area contributed by atoms with Crippen molar-refractivity contribution in [2.24, 2.45) is 0 Å². The Morgan fingerprint density at radius 1 is 0.404 bits per heavy atom. The lowest BCUT2D eigenvalue weighted by molar-refractivity contribution is 0.769. The summed E-state index contributed by atoms with van der Waals surface area (Å²) >= 11 is 0. The van der Waals surface area contributed by atoms with Crippen molar-refractivity contribution in [2.75, 3.05) is 0 Å². The van der Waals surface area contributed by atoms with Gasteiger partial charge in [-0.3, -0.25) is 4.57 Å². The third-order valence-electron chi connectivity index (χ3n) is 11.1. The van der Waals surface area contributed by atoms with Gasteiger partial charge >= 0.3 is 0 Å². The van der Waals surface area contributed by atoms with Gasteiger partial charge in [0.2, 0.25) is 5.95 Å². The maximum Gasteiger partial charge on any atom is 0.235 e. The molecule has 8 aromatic carbocycles. The minimum absolute atomic E-state index is 0.510. The molecule has 1 aliphatic rings. The molecule has 2 aromatic heterocycles. The van der Waals surface area contributed by atoms with Gasteiger partial charge in [0.15, 0.2) is 0 Å². The molecule has 0 fully saturated rings. The molecule has 1 aliphatic carbocycles. The first-order valence-corrected chi connectivity index (χ1v) is 17.8. The molecule has 0 amide bonds. The topological polar surface area (TPSA) is 30.7 Å². The fraction of sp³-hybridized carbons (Fsp3) is 0.0204. The van der Waals surface area contributed by atoms with E-state index in [9.17, 15) is 0 Å². The lowest BCUT2D eigenvalue weighted by atomic mass is 9.67. The van der Waals surface area contributed by atoms with Crippen LogP contribution in [-0.4, -0.2) is 14.5 Å². The van der Waals surface area contributed by atoms with Crippen LogP contribution in [0.5, 0.6) is 0 Å². The third kappa shape index (κ3) is 4.02. The highest BCUT2D eigenvalue weighted by molar-refractivity contribution is 6.10. The molecule has 0 saturated heterocycles. The first-order chi connectivity index (χ1) is 25.8. The first-order valence-electron chi connectivity index (χ1n) is 17.8. The highest BCUT2D eigenvalue weighted by Gasteiger charge is 2.46. The van der Waals surface area contributed by atoms with E-state index in [1.165, 1.54) is 54.9 Å². The zero-order chi connectivity index (χ0) is 34.2. The summed E-state index contributed by atoms with van der Waals surface area (Å²) in [5.74, 6) is 0.659. The Morgan fingerprint density at radius 2 is 1.04 bits per heavy atom. The molecule has 0 spiro atoms. The van der Waals surface area contributed by atoms with Crippen molar-refractivity contribution in [1.29, 1.82) is 0 Å². The molecule has 0 unspecified atom stereocenters. The average Bonchev–Trinajstić information content (AvgIpc) is 3.71. The summed E-state index contributed by atoms with van der Waals surface area (Å²) in [4.78, 5) is 10.7. The van der Waals surface area contributed by atoms with Crippen LogP contribution < -0.4 is 0 Å². The van der Waals surface area contributed by atoms with Gasteiger partial charge in [0.05, 0.1) is 27.7 Å². The summed E-state index contributed by atoms with van der Waals surface area (Å²) < 4.78 is 2.27. The number of rotatable bonds is 4. The summed E-state index contributed by atoms with van der Waals surface area (Å²) in [6.07, 6.45) is 0. The molecule has 0 radical (unpaired) electrons.